The number of rotatable bonds is 6. The minimum absolute atomic E-state index is 0.00263. The first kappa shape index (κ1) is 16.3. The summed E-state index contributed by atoms with van der Waals surface area (Å²) >= 11 is 0. The van der Waals surface area contributed by atoms with Crippen molar-refractivity contribution in [2.45, 2.75) is 33.7 Å². The number of hydrogen-bond donors (Lipinski definition) is 0. The van der Waals surface area contributed by atoms with Gasteiger partial charge in [-0.15, -0.1) is 0 Å². The van der Waals surface area contributed by atoms with Crippen LogP contribution in [0.1, 0.15) is 27.2 Å². The number of aromatic nitrogens is 3. The predicted octanol–water partition coefficient (Wildman–Crippen LogP) is 3.61. The summed E-state index contributed by atoms with van der Waals surface area (Å²) in [5.41, 5.74) is 2.36. The van der Waals surface area contributed by atoms with Gasteiger partial charge in [0.15, 0.2) is 0 Å². The van der Waals surface area contributed by atoms with Crippen molar-refractivity contribution >= 4 is 5.52 Å². The molecular weight excluding hydrogens is 302 g/mol. The van der Waals surface area contributed by atoms with Gasteiger partial charge in [0.25, 0.3) is 5.56 Å². The van der Waals surface area contributed by atoms with Gasteiger partial charge in [-0.25, -0.2) is 4.52 Å². The summed E-state index contributed by atoms with van der Waals surface area (Å²) in [6.45, 7) is 7.65. The third kappa shape index (κ3) is 3.35. The van der Waals surface area contributed by atoms with Crippen LogP contribution < -0.4 is 10.3 Å². The van der Waals surface area contributed by atoms with E-state index in [1.807, 2.05) is 49.6 Å². The maximum atomic E-state index is 12.6. The average molecular weight is 325 g/mol. The van der Waals surface area contributed by atoms with Gasteiger partial charge in [-0.05, 0) is 49.6 Å². The molecule has 0 atom stereocenters. The molecule has 0 fully saturated rings. The molecule has 5 nitrogen and oxygen atoms in total. The summed E-state index contributed by atoms with van der Waals surface area (Å²) in [4.78, 5) is 12.6. The lowest BCUT2D eigenvalue weighted by Crippen LogP contribution is -2.21. The summed E-state index contributed by atoms with van der Waals surface area (Å²) in [7, 11) is 0. The Labute approximate surface area is 141 Å². The molecule has 0 unspecified atom stereocenters. The normalized spacial score (nSPS) is 11.3. The molecule has 0 radical (unpaired) electrons. The highest BCUT2D eigenvalue weighted by Crippen LogP contribution is 2.21. The van der Waals surface area contributed by atoms with Gasteiger partial charge < -0.3 is 9.30 Å². The lowest BCUT2D eigenvalue weighted by atomic mass is 10.1. The zero-order chi connectivity index (χ0) is 17.1. The molecule has 0 aliphatic rings. The SMILES string of the molecule is CCOc1ccc(-c2cc3c(=O)n(CCC(C)C)ccn3n2)cc1. The molecule has 3 rings (SSSR count). The van der Waals surface area contributed by atoms with Crippen LogP contribution in [-0.2, 0) is 6.54 Å². The van der Waals surface area contributed by atoms with Crippen molar-refractivity contribution in [2.24, 2.45) is 5.92 Å². The van der Waals surface area contributed by atoms with Crippen LogP contribution in [0.15, 0.2) is 47.5 Å². The predicted molar refractivity (Wildman–Crippen MR) is 95.5 cm³/mol. The van der Waals surface area contributed by atoms with E-state index >= 15 is 0 Å². The lowest BCUT2D eigenvalue weighted by Gasteiger charge is -2.07. The van der Waals surface area contributed by atoms with Gasteiger partial charge in [0, 0.05) is 24.5 Å². The fraction of sp³-hybridized carbons (Fsp3) is 0.368. The fourth-order valence-corrected chi connectivity index (χ4v) is 2.63. The second-order valence-corrected chi connectivity index (χ2v) is 6.30. The van der Waals surface area contributed by atoms with Crippen LogP contribution in [0.5, 0.6) is 5.75 Å². The Hall–Kier alpha value is -2.56. The van der Waals surface area contributed by atoms with Gasteiger partial charge in [0.2, 0.25) is 0 Å². The third-order valence-electron chi connectivity index (χ3n) is 4.01. The molecule has 2 heterocycles. The second-order valence-electron chi connectivity index (χ2n) is 6.30. The molecule has 3 aromatic rings. The average Bonchev–Trinajstić information content (AvgIpc) is 3.00. The van der Waals surface area contributed by atoms with E-state index in [-0.39, 0.29) is 5.56 Å². The van der Waals surface area contributed by atoms with Crippen molar-refractivity contribution in [3.63, 3.8) is 0 Å². The molecule has 0 bridgehead atoms. The molecule has 24 heavy (non-hydrogen) atoms. The summed E-state index contributed by atoms with van der Waals surface area (Å²) in [6.07, 6.45) is 4.64. The number of fused-ring (bicyclic) bond motifs is 1. The van der Waals surface area contributed by atoms with Crippen LogP contribution in [0, 0.1) is 5.92 Å². The number of ether oxygens (including phenoxy) is 1. The van der Waals surface area contributed by atoms with Gasteiger partial charge >= 0.3 is 0 Å². The van der Waals surface area contributed by atoms with E-state index < -0.39 is 0 Å². The summed E-state index contributed by atoms with van der Waals surface area (Å²) in [5, 5.41) is 4.52. The standard InChI is InChI=1S/C19H23N3O2/c1-4-24-16-7-5-15(6-8-16)17-13-18-19(23)21(10-9-14(2)3)11-12-22(18)20-17/h5-8,11-14H,4,9-10H2,1-3H3. The van der Waals surface area contributed by atoms with Crippen LogP contribution >= 0.6 is 0 Å². The first-order valence-electron chi connectivity index (χ1n) is 8.40. The topological polar surface area (TPSA) is 48.5 Å². The van der Waals surface area contributed by atoms with E-state index in [4.69, 9.17) is 4.74 Å². The van der Waals surface area contributed by atoms with Crippen molar-refractivity contribution in [3.05, 3.63) is 53.1 Å². The molecule has 2 aromatic heterocycles. The molecular formula is C19H23N3O2. The van der Waals surface area contributed by atoms with E-state index in [0.29, 0.717) is 18.0 Å². The van der Waals surface area contributed by atoms with E-state index in [2.05, 4.69) is 18.9 Å². The smallest absolute Gasteiger partial charge is 0.276 e. The lowest BCUT2D eigenvalue weighted by molar-refractivity contribution is 0.340. The van der Waals surface area contributed by atoms with Gasteiger partial charge in [-0.3, -0.25) is 4.79 Å². The second kappa shape index (κ2) is 6.91. The van der Waals surface area contributed by atoms with Gasteiger partial charge in [0.05, 0.1) is 12.3 Å². The maximum absolute atomic E-state index is 12.6. The largest absolute Gasteiger partial charge is 0.494 e. The molecule has 0 saturated heterocycles. The maximum Gasteiger partial charge on any atom is 0.276 e. The van der Waals surface area contributed by atoms with Crippen LogP contribution in [0.2, 0.25) is 0 Å². The van der Waals surface area contributed by atoms with Crippen molar-refractivity contribution in [3.8, 4) is 17.0 Å². The molecule has 0 amide bonds. The third-order valence-corrected chi connectivity index (χ3v) is 4.01. The quantitative estimate of drug-likeness (QED) is 0.695. The molecule has 0 saturated carbocycles. The Morgan fingerprint density at radius 2 is 1.92 bits per heavy atom. The molecule has 0 spiro atoms. The van der Waals surface area contributed by atoms with E-state index in [0.717, 1.165) is 30.0 Å². The van der Waals surface area contributed by atoms with Crippen LogP contribution in [0.3, 0.4) is 0 Å². The molecule has 5 heteroatoms. The highest BCUT2D eigenvalue weighted by molar-refractivity contribution is 5.66. The fourth-order valence-electron chi connectivity index (χ4n) is 2.63. The molecule has 0 aliphatic heterocycles. The Morgan fingerprint density at radius 1 is 1.17 bits per heavy atom. The first-order valence-corrected chi connectivity index (χ1v) is 8.40. The zero-order valence-electron chi connectivity index (χ0n) is 14.4. The van der Waals surface area contributed by atoms with Gasteiger partial charge in [-0.1, -0.05) is 13.8 Å². The van der Waals surface area contributed by atoms with Crippen molar-refractivity contribution in [2.75, 3.05) is 6.61 Å². The number of hydrogen-bond acceptors (Lipinski definition) is 3. The van der Waals surface area contributed by atoms with Crippen LogP contribution in [0.25, 0.3) is 16.8 Å². The molecule has 0 aliphatic carbocycles. The van der Waals surface area contributed by atoms with Crippen molar-refractivity contribution in [1.29, 1.82) is 0 Å². The monoisotopic (exact) mass is 325 g/mol. The Morgan fingerprint density at radius 3 is 2.58 bits per heavy atom. The van der Waals surface area contributed by atoms with Crippen molar-refractivity contribution in [1.82, 2.24) is 14.2 Å². The van der Waals surface area contributed by atoms with E-state index in [1.165, 1.54) is 0 Å². The minimum Gasteiger partial charge on any atom is -0.494 e. The Kier molecular flexibility index (Phi) is 4.69. The van der Waals surface area contributed by atoms with Gasteiger partial charge in [-0.2, -0.15) is 5.10 Å². The summed E-state index contributed by atoms with van der Waals surface area (Å²) in [6, 6.07) is 9.62. The molecule has 1 aromatic carbocycles. The highest BCUT2D eigenvalue weighted by Gasteiger charge is 2.09. The number of nitrogens with zero attached hydrogens (tertiary/aromatic N) is 3. The zero-order valence-corrected chi connectivity index (χ0v) is 14.4. The summed E-state index contributed by atoms with van der Waals surface area (Å²) < 4.78 is 8.87. The molecule has 126 valence electrons. The Balaban J connectivity index is 1.93. The Bertz CT molecular complexity index is 876. The van der Waals surface area contributed by atoms with E-state index in [1.54, 1.807) is 9.08 Å². The number of aryl methyl sites for hydroxylation is 1. The number of benzene rings is 1. The van der Waals surface area contributed by atoms with Crippen molar-refractivity contribution < 1.29 is 4.74 Å². The van der Waals surface area contributed by atoms with Crippen LogP contribution in [0.4, 0.5) is 0 Å². The molecule has 0 N–H and O–H groups in total. The van der Waals surface area contributed by atoms with Gasteiger partial charge in [0.1, 0.15) is 11.3 Å². The van der Waals surface area contributed by atoms with E-state index in [9.17, 15) is 4.79 Å². The first-order chi connectivity index (χ1) is 11.6. The highest BCUT2D eigenvalue weighted by atomic mass is 16.5. The van der Waals surface area contributed by atoms with Crippen LogP contribution in [-0.4, -0.2) is 20.8 Å². The minimum atomic E-state index is 0.00263. The summed E-state index contributed by atoms with van der Waals surface area (Å²) in [5.74, 6) is 1.40.